The van der Waals surface area contributed by atoms with Crippen molar-refractivity contribution in [2.45, 2.75) is 19.1 Å². The molecule has 4 aromatic heterocycles. The molecule has 4 aromatic rings. The van der Waals surface area contributed by atoms with E-state index in [1.807, 2.05) is 35.0 Å². The summed E-state index contributed by atoms with van der Waals surface area (Å²) in [6, 6.07) is 5.61. The second kappa shape index (κ2) is 6.88. The molecule has 8 nitrogen and oxygen atoms in total. The molecule has 142 valence electrons. The topological polar surface area (TPSA) is 84.2 Å². The number of hydrogen-bond donors (Lipinski definition) is 1. The number of pyridine rings is 1. The van der Waals surface area contributed by atoms with Crippen molar-refractivity contribution < 1.29 is 4.74 Å². The fraction of sp³-hybridized carbons (Fsp3) is 0.263. The number of halogens is 1. The summed E-state index contributed by atoms with van der Waals surface area (Å²) in [6.45, 7) is 3.51. The molecule has 2 atom stereocenters. The van der Waals surface area contributed by atoms with Gasteiger partial charge in [-0.1, -0.05) is 11.6 Å². The molecule has 1 fully saturated rings. The van der Waals surface area contributed by atoms with E-state index < -0.39 is 0 Å². The number of morpholine rings is 1. The van der Waals surface area contributed by atoms with Crippen LogP contribution in [0.3, 0.4) is 0 Å². The summed E-state index contributed by atoms with van der Waals surface area (Å²) in [6.07, 6.45) is 9.04. The lowest BCUT2D eigenvalue weighted by Gasteiger charge is -2.37. The summed E-state index contributed by atoms with van der Waals surface area (Å²) in [5.74, 6) is 1.46. The van der Waals surface area contributed by atoms with Gasteiger partial charge in [0.2, 0.25) is 0 Å². The number of ether oxygens (including phenoxy) is 1. The van der Waals surface area contributed by atoms with Crippen LogP contribution in [0.5, 0.6) is 0 Å². The molecule has 1 aliphatic heterocycles. The molecule has 0 saturated carbocycles. The Labute approximate surface area is 166 Å². The summed E-state index contributed by atoms with van der Waals surface area (Å²) in [7, 11) is 0. The van der Waals surface area contributed by atoms with Gasteiger partial charge in [-0.25, -0.2) is 15.0 Å². The van der Waals surface area contributed by atoms with Crippen LogP contribution in [0.25, 0.3) is 17.2 Å². The third kappa shape index (κ3) is 3.10. The van der Waals surface area contributed by atoms with Crippen LogP contribution in [0.15, 0.2) is 49.2 Å². The van der Waals surface area contributed by atoms with Crippen LogP contribution in [-0.4, -0.2) is 48.7 Å². The zero-order valence-electron chi connectivity index (χ0n) is 15.2. The van der Waals surface area contributed by atoms with E-state index in [9.17, 15) is 0 Å². The Bertz CT molecular complexity index is 1110. The lowest BCUT2D eigenvalue weighted by atomic mass is 10.1. The summed E-state index contributed by atoms with van der Waals surface area (Å²) < 4.78 is 7.98. The number of hydrogen-bond acceptors (Lipinski definition) is 6. The number of aromatic amines is 1. The zero-order chi connectivity index (χ0) is 19.1. The van der Waals surface area contributed by atoms with Gasteiger partial charge in [-0.2, -0.15) is 5.10 Å². The smallest absolute Gasteiger partial charge is 0.180 e. The van der Waals surface area contributed by atoms with Crippen LogP contribution in [0.1, 0.15) is 18.6 Å². The summed E-state index contributed by atoms with van der Waals surface area (Å²) in [5.41, 5.74) is 2.63. The number of nitrogens with one attached hydrogen (secondary N) is 1. The highest BCUT2D eigenvalue weighted by atomic mass is 35.5. The third-order valence-electron chi connectivity index (χ3n) is 4.81. The van der Waals surface area contributed by atoms with Gasteiger partial charge in [-0.3, -0.25) is 9.50 Å². The largest absolute Gasteiger partial charge is 0.367 e. The van der Waals surface area contributed by atoms with Gasteiger partial charge in [0.1, 0.15) is 23.3 Å². The molecule has 9 heteroatoms. The van der Waals surface area contributed by atoms with E-state index in [0.29, 0.717) is 17.4 Å². The maximum Gasteiger partial charge on any atom is 0.180 e. The van der Waals surface area contributed by atoms with E-state index >= 15 is 0 Å². The van der Waals surface area contributed by atoms with E-state index in [2.05, 4.69) is 32.0 Å². The molecular formula is C19H18ClN7O. The first-order valence-electron chi connectivity index (χ1n) is 9.02. The molecule has 0 bridgehead atoms. The van der Waals surface area contributed by atoms with E-state index in [1.54, 1.807) is 18.6 Å². The van der Waals surface area contributed by atoms with E-state index in [1.165, 1.54) is 0 Å². The predicted octanol–water partition coefficient (Wildman–Crippen LogP) is 3.13. The highest BCUT2D eigenvalue weighted by Gasteiger charge is 2.28. The molecule has 0 unspecified atom stereocenters. The monoisotopic (exact) mass is 395 g/mol. The van der Waals surface area contributed by atoms with Gasteiger partial charge >= 0.3 is 0 Å². The van der Waals surface area contributed by atoms with Crippen molar-refractivity contribution in [3.05, 3.63) is 59.8 Å². The Morgan fingerprint density at radius 2 is 2.11 bits per heavy atom. The highest BCUT2D eigenvalue weighted by Crippen LogP contribution is 2.28. The molecule has 5 heterocycles. The molecule has 1 saturated heterocycles. The number of anilines is 1. The van der Waals surface area contributed by atoms with Crippen molar-refractivity contribution in [3.63, 3.8) is 0 Å². The number of rotatable bonds is 3. The van der Waals surface area contributed by atoms with Gasteiger partial charge in [-0.15, -0.1) is 0 Å². The van der Waals surface area contributed by atoms with Crippen LogP contribution in [-0.2, 0) is 4.74 Å². The maximum absolute atomic E-state index is 6.15. The molecule has 0 aromatic carbocycles. The standard InChI is InChI=1S/C19H18ClN7O/c1-12-9-26(11-16(28-12)13-6-23-24-7-13)18-4-5-21-19(25-18)15-8-22-17-3-2-14(20)10-27(15)17/h2-8,10,12,16H,9,11H2,1H3,(H,23,24)/t12-,16-/m0/s1. The van der Waals surface area contributed by atoms with Gasteiger partial charge in [-0.05, 0) is 25.1 Å². The minimum absolute atomic E-state index is 0.0597. The van der Waals surface area contributed by atoms with Gasteiger partial charge in [0.05, 0.1) is 30.1 Å². The van der Waals surface area contributed by atoms with Crippen LogP contribution in [0.4, 0.5) is 5.82 Å². The van der Waals surface area contributed by atoms with Crippen molar-refractivity contribution in [2.24, 2.45) is 0 Å². The Hall–Kier alpha value is -2.97. The zero-order valence-corrected chi connectivity index (χ0v) is 15.9. The first-order chi connectivity index (χ1) is 13.7. The summed E-state index contributed by atoms with van der Waals surface area (Å²) in [4.78, 5) is 15.9. The fourth-order valence-corrected chi connectivity index (χ4v) is 3.69. The number of imidazole rings is 1. The second-order valence-corrected chi connectivity index (χ2v) is 7.27. The highest BCUT2D eigenvalue weighted by molar-refractivity contribution is 6.30. The van der Waals surface area contributed by atoms with Crippen molar-refractivity contribution in [1.29, 1.82) is 0 Å². The fourth-order valence-electron chi connectivity index (χ4n) is 3.53. The Kier molecular flexibility index (Phi) is 4.22. The number of H-pyrrole nitrogens is 1. The van der Waals surface area contributed by atoms with Crippen molar-refractivity contribution in [1.82, 2.24) is 29.5 Å². The van der Waals surface area contributed by atoms with Gasteiger partial charge in [0.25, 0.3) is 0 Å². The van der Waals surface area contributed by atoms with Gasteiger partial charge in [0, 0.05) is 30.7 Å². The molecule has 0 aliphatic carbocycles. The normalized spacial score (nSPS) is 20.0. The molecule has 1 N–H and O–H groups in total. The third-order valence-corrected chi connectivity index (χ3v) is 5.04. The minimum atomic E-state index is -0.0597. The Morgan fingerprint density at radius 1 is 1.18 bits per heavy atom. The number of aromatic nitrogens is 6. The van der Waals surface area contributed by atoms with Crippen molar-refractivity contribution in [3.8, 4) is 11.5 Å². The van der Waals surface area contributed by atoms with E-state index in [0.717, 1.165) is 29.3 Å². The molecule has 0 radical (unpaired) electrons. The Balaban J connectivity index is 1.49. The Morgan fingerprint density at radius 3 is 2.96 bits per heavy atom. The number of nitrogens with zero attached hydrogens (tertiary/aromatic N) is 6. The van der Waals surface area contributed by atoms with Crippen LogP contribution < -0.4 is 4.90 Å². The van der Waals surface area contributed by atoms with Crippen molar-refractivity contribution in [2.75, 3.05) is 18.0 Å². The van der Waals surface area contributed by atoms with Gasteiger partial charge < -0.3 is 9.64 Å². The summed E-state index contributed by atoms with van der Waals surface area (Å²) in [5, 5.41) is 7.52. The van der Waals surface area contributed by atoms with Crippen LogP contribution in [0.2, 0.25) is 5.02 Å². The van der Waals surface area contributed by atoms with Crippen LogP contribution >= 0.6 is 11.6 Å². The molecule has 0 spiro atoms. The van der Waals surface area contributed by atoms with Gasteiger partial charge in [0.15, 0.2) is 5.82 Å². The summed E-state index contributed by atoms with van der Waals surface area (Å²) >= 11 is 6.15. The van der Waals surface area contributed by atoms with Crippen molar-refractivity contribution >= 4 is 23.1 Å². The SMILES string of the molecule is C[C@H]1CN(c2ccnc(-c3cnc4ccc(Cl)cn34)n2)C[C@@H](c2cn[nH]c2)O1. The molecular weight excluding hydrogens is 378 g/mol. The first kappa shape index (κ1) is 17.2. The van der Waals surface area contributed by atoms with E-state index in [4.69, 9.17) is 21.3 Å². The second-order valence-electron chi connectivity index (χ2n) is 6.83. The lowest BCUT2D eigenvalue weighted by molar-refractivity contribution is -0.0175. The molecule has 5 rings (SSSR count). The minimum Gasteiger partial charge on any atom is -0.367 e. The maximum atomic E-state index is 6.15. The predicted molar refractivity (Wildman–Crippen MR) is 105 cm³/mol. The number of fused-ring (bicyclic) bond motifs is 1. The first-order valence-corrected chi connectivity index (χ1v) is 9.40. The lowest BCUT2D eigenvalue weighted by Crippen LogP contribution is -2.43. The molecule has 1 aliphatic rings. The van der Waals surface area contributed by atoms with E-state index in [-0.39, 0.29) is 12.2 Å². The van der Waals surface area contributed by atoms with Crippen LogP contribution in [0, 0.1) is 0 Å². The molecule has 0 amide bonds. The average molecular weight is 396 g/mol. The molecule has 28 heavy (non-hydrogen) atoms. The average Bonchev–Trinajstić information content (AvgIpc) is 3.37. The quantitative estimate of drug-likeness (QED) is 0.573.